The van der Waals surface area contributed by atoms with Crippen molar-refractivity contribution in [3.63, 3.8) is 0 Å². The number of esters is 1. The lowest BCUT2D eigenvalue weighted by Gasteiger charge is -2.30. The first-order chi connectivity index (χ1) is 13.6. The number of hydrogen-bond donors (Lipinski definition) is 2. The summed E-state index contributed by atoms with van der Waals surface area (Å²) in [5, 5.41) is 7.13. The van der Waals surface area contributed by atoms with Gasteiger partial charge in [-0.05, 0) is 50.3 Å². The quantitative estimate of drug-likeness (QED) is 0.231. The number of aliphatic imine (C=N–C) groups is 1. The fourth-order valence-corrected chi connectivity index (χ4v) is 4.83. The molecule has 0 heterocycles. The fourth-order valence-electron chi connectivity index (χ4n) is 3.49. The Hall–Kier alpha value is -1.16. The Morgan fingerprint density at radius 2 is 1.97 bits per heavy atom. The number of nitrogens with one attached hydrogen (secondary N) is 2. The van der Waals surface area contributed by atoms with Crippen LogP contribution in [0.3, 0.4) is 0 Å². The zero-order chi connectivity index (χ0) is 20.4. The lowest BCUT2D eigenvalue weighted by Crippen LogP contribution is -2.46. The molecule has 2 N–H and O–H groups in total. The summed E-state index contributed by atoms with van der Waals surface area (Å²) < 4.78 is 16.9. The Morgan fingerprint density at radius 3 is 2.59 bits per heavy atom. The molecule has 0 aliphatic heterocycles. The minimum atomic E-state index is -0.722. The molecule has 8 heteroatoms. The van der Waals surface area contributed by atoms with E-state index in [0.717, 1.165) is 55.9 Å². The van der Waals surface area contributed by atoms with Gasteiger partial charge < -0.3 is 15.4 Å². The first-order valence-corrected chi connectivity index (χ1v) is 11.5. The van der Waals surface area contributed by atoms with Crippen molar-refractivity contribution in [1.29, 1.82) is 0 Å². The third kappa shape index (κ3) is 8.62. The number of guanidine groups is 1. The van der Waals surface area contributed by atoms with E-state index in [1.165, 1.54) is 7.11 Å². The summed E-state index contributed by atoms with van der Waals surface area (Å²) in [5.74, 6) is 1.24. The summed E-state index contributed by atoms with van der Waals surface area (Å²) in [7, 11) is 0.661. The van der Waals surface area contributed by atoms with E-state index in [-0.39, 0.29) is 29.9 Å². The maximum absolute atomic E-state index is 12.1. The van der Waals surface area contributed by atoms with Crippen molar-refractivity contribution in [2.75, 3.05) is 26.0 Å². The standard InChI is InChI=1S/C21H33N3O3S.HI/c1-4-22-21(24-18-7-6-8-19(15-18)28(26)5-2)23-14-13-16-9-11-17(12-10-16)20(25)27-3;/h9-12,18-19H,4-8,13-15H2,1-3H3,(H2,22,23,24);1H. The maximum atomic E-state index is 12.1. The van der Waals surface area contributed by atoms with E-state index in [1.54, 1.807) is 12.1 Å². The van der Waals surface area contributed by atoms with E-state index >= 15 is 0 Å². The molecule has 0 spiro atoms. The summed E-state index contributed by atoms with van der Waals surface area (Å²) in [4.78, 5) is 16.2. The average Bonchev–Trinajstić information content (AvgIpc) is 2.73. The second kappa shape index (κ2) is 14.0. The molecule has 0 amide bonds. The third-order valence-corrected chi connectivity index (χ3v) is 6.75. The lowest BCUT2D eigenvalue weighted by molar-refractivity contribution is 0.0600. The molecule has 1 fully saturated rings. The largest absolute Gasteiger partial charge is 0.465 e. The molecule has 164 valence electrons. The smallest absolute Gasteiger partial charge is 0.337 e. The van der Waals surface area contributed by atoms with Crippen LogP contribution in [0.15, 0.2) is 29.3 Å². The number of hydrogen-bond acceptors (Lipinski definition) is 4. The van der Waals surface area contributed by atoms with Crippen molar-refractivity contribution in [3.8, 4) is 0 Å². The molecule has 1 aromatic carbocycles. The third-order valence-electron chi connectivity index (χ3n) is 5.01. The van der Waals surface area contributed by atoms with E-state index in [2.05, 4.69) is 17.6 Å². The number of halogens is 1. The van der Waals surface area contributed by atoms with Gasteiger partial charge in [0, 0.05) is 40.9 Å². The van der Waals surface area contributed by atoms with Crippen molar-refractivity contribution in [1.82, 2.24) is 10.6 Å². The molecule has 3 unspecified atom stereocenters. The predicted octanol–water partition coefficient (Wildman–Crippen LogP) is 3.27. The molecule has 0 bridgehead atoms. The van der Waals surface area contributed by atoms with Crippen LogP contribution >= 0.6 is 24.0 Å². The highest BCUT2D eigenvalue weighted by Crippen LogP contribution is 2.23. The van der Waals surface area contributed by atoms with E-state index < -0.39 is 10.8 Å². The van der Waals surface area contributed by atoms with E-state index in [1.807, 2.05) is 19.1 Å². The van der Waals surface area contributed by atoms with Crippen molar-refractivity contribution in [2.24, 2.45) is 4.99 Å². The van der Waals surface area contributed by atoms with Crippen LogP contribution in [0.1, 0.15) is 55.5 Å². The lowest BCUT2D eigenvalue weighted by atomic mass is 9.95. The summed E-state index contributed by atoms with van der Waals surface area (Å²) in [6, 6.07) is 7.77. The molecule has 1 aromatic rings. The molecular weight excluding hydrogens is 501 g/mol. The van der Waals surface area contributed by atoms with Crippen LogP contribution in [0.2, 0.25) is 0 Å². The highest BCUT2D eigenvalue weighted by molar-refractivity contribution is 14.0. The van der Waals surface area contributed by atoms with Gasteiger partial charge in [-0.2, -0.15) is 0 Å². The van der Waals surface area contributed by atoms with Crippen molar-refractivity contribution < 1.29 is 13.7 Å². The normalized spacial score (nSPS) is 20.3. The summed E-state index contributed by atoms with van der Waals surface area (Å²) >= 11 is 0. The van der Waals surface area contributed by atoms with Crippen molar-refractivity contribution >= 4 is 46.7 Å². The Balaban J connectivity index is 0.00000420. The van der Waals surface area contributed by atoms with Gasteiger partial charge in [0.25, 0.3) is 0 Å². The number of nitrogens with zero attached hydrogens (tertiary/aromatic N) is 1. The molecule has 0 saturated heterocycles. The molecule has 29 heavy (non-hydrogen) atoms. The second-order valence-electron chi connectivity index (χ2n) is 7.00. The highest BCUT2D eigenvalue weighted by Gasteiger charge is 2.25. The van der Waals surface area contributed by atoms with E-state index in [0.29, 0.717) is 23.4 Å². The van der Waals surface area contributed by atoms with Crippen molar-refractivity contribution in [3.05, 3.63) is 35.4 Å². The predicted molar refractivity (Wildman–Crippen MR) is 131 cm³/mol. The number of rotatable bonds is 8. The molecule has 2 rings (SSSR count). The van der Waals surface area contributed by atoms with Crippen LogP contribution in [-0.4, -0.2) is 53.4 Å². The van der Waals surface area contributed by atoms with E-state index in [9.17, 15) is 9.00 Å². The maximum Gasteiger partial charge on any atom is 0.337 e. The van der Waals surface area contributed by atoms with Gasteiger partial charge in [-0.15, -0.1) is 24.0 Å². The zero-order valence-corrected chi connectivity index (χ0v) is 20.8. The number of carbonyl (C=O) groups excluding carboxylic acids is 1. The van der Waals surface area contributed by atoms with Crippen LogP contribution < -0.4 is 10.6 Å². The van der Waals surface area contributed by atoms with Crippen LogP contribution in [0.25, 0.3) is 0 Å². The van der Waals surface area contributed by atoms with Gasteiger partial charge >= 0.3 is 5.97 Å². The topological polar surface area (TPSA) is 79.8 Å². The minimum absolute atomic E-state index is 0. The number of ether oxygens (including phenoxy) is 1. The minimum Gasteiger partial charge on any atom is -0.465 e. The number of carbonyl (C=O) groups is 1. The molecule has 1 aliphatic carbocycles. The Morgan fingerprint density at radius 1 is 1.24 bits per heavy atom. The molecule has 6 nitrogen and oxygen atoms in total. The Labute approximate surface area is 194 Å². The molecular formula is C21H34IN3O3S. The first-order valence-electron chi connectivity index (χ1n) is 10.2. The molecule has 0 aromatic heterocycles. The zero-order valence-electron chi connectivity index (χ0n) is 17.6. The fraction of sp³-hybridized carbons (Fsp3) is 0.619. The van der Waals surface area contributed by atoms with Crippen LogP contribution in [0, 0.1) is 0 Å². The monoisotopic (exact) mass is 535 g/mol. The summed E-state index contributed by atoms with van der Waals surface area (Å²) in [6.07, 6.45) is 5.01. The molecule has 1 aliphatic rings. The van der Waals surface area contributed by atoms with Gasteiger partial charge in [0.05, 0.1) is 12.7 Å². The van der Waals surface area contributed by atoms with Crippen LogP contribution in [0.5, 0.6) is 0 Å². The molecule has 3 atom stereocenters. The van der Waals surface area contributed by atoms with Gasteiger partial charge in [0.15, 0.2) is 5.96 Å². The SMILES string of the molecule is CCNC(=NCCc1ccc(C(=O)OC)cc1)NC1CCCC(S(=O)CC)C1.I. The second-order valence-corrected chi connectivity index (χ2v) is 9.00. The number of methoxy groups -OCH3 is 1. The Kier molecular flexibility index (Phi) is 12.4. The molecule has 0 radical (unpaired) electrons. The van der Waals surface area contributed by atoms with Gasteiger partial charge in [-0.25, -0.2) is 4.79 Å². The number of benzene rings is 1. The highest BCUT2D eigenvalue weighted by atomic mass is 127. The van der Waals surface area contributed by atoms with Gasteiger partial charge in [0.1, 0.15) is 0 Å². The summed E-state index contributed by atoms with van der Waals surface area (Å²) in [6.45, 7) is 5.51. The van der Waals surface area contributed by atoms with Crippen LogP contribution in [-0.2, 0) is 22.0 Å². The van der Waals surface area contributed by atoms with Crippen molar-refractivity contribution in [2.45, 2.75) is 57.2 Å². The Bertz CT molecular complexity index is 682. The average molecular weight is 535 g/mol. The van der Waals surface area contributed by atoms with Gasteiger partial charge in [-0.3, -0.25) is 9.20 Å². The molecule has 1 saturated carbocycles. The first kappa shape index (κ1) is 25.9. The van der Waals surface area contributed by atoms with E-state index in [4.69, 9.17) is 9.73 Å². The summed E-state index contributed by atoms with van der Waals surface area (Å²) in [5.41, 5.74) is 1.68. The van der Waals surface area contributed by atoms with Gasteiger partial charge in [-0.1, -0.05) is 25.5 Å². The van der Waals surface area contributed by atoms with Gasteiger partial charge in [0.2, 0.25) is 0 Å². The van der Waals surface area contributed by atoms with Crippen LogP contribution in [0.4, 0.5) is 0 Å².